The van der Waals surface area contributed by atoms with Gasteiger partial charge < -0.3 is 20.7 Å². The van der Waals surface area contributed by atoms with Gasteiger partial charge in [0.05, 0.1) is 6.10 Å². The maximum atomic E-state index is 13.3. The minimum absolute atomic E-state index is 0.154. The average Bonchev–Trinajstić information content (AvgIpc) is 3.23. The molecule has 7 heteroatoms. The number of fused-ring (bicyclic) bond motifs is 1. The summed E-state index contributed by atoms with van der Waals surface area (Å²) in [6.45, 7) is 0.574. The summed E-state index contributed by atoms with van der Waals surface area (Å²) in [6, 6.07) is 6.08. The Hall–Kier alpha value is -2.38. The second-order valence-electron chi connectivity index (χ2n) is 5.46. The number of hydrogen-bond donors (Lipinski definition) is 4. The summed E-state index contributed by atoms with van der Waals surface area (Å²) in [7, 11) is 0. The second kappa shape index (κ2) is 7.46. The van der Waals surface area contributed by atoms with E-state index in [-0.39, 0.29) is 18.4 Å². The molecule has 1 atom stereocenters. The van der Waals surface area contributed by atoms with Gasteiger partial charge in [-0.3, -0.25) is 0 Å². The van der Waals surface area contributed by atoms with Crippen molar-refractivity contribution < 1.29 is 14.3 Å². The number of aliphatic hydroxyl groups excluding tert-OH is 1. The number of aliphatic hydroxyl groups is 1. The van der Waals surface area contributed by atoms with Crippen LogP contribution in [0.5, 0.6) is 0 Å². The molecule has 0 bridgehead atoms. The van der Waals surface area contributed by atoms with Crippen LogP contribution in [0.25, 0.3) is 10.9 Å². The van der Waals surface area contributed by atoms with E-state index in [0.29, 0.717) is 13.0 Å². The Kier molecular flexibility index (Phi) is 5.12. The molecular formula is C17H18FN3O2S. The Morgan fingerprint density at radius 1 is 1.33 bits per heavy atom. The molecule has 0 saturated heterocycles. The summed E-state index contributed by atoms with van der Waals surface area (Å²) in [4.78, 5) is 14.8. The number of carbonyl (C=O) groups excluding carboxylic acids is 1. The molecule has 3 rings (SSSR count). The predicted octanol–water partition coefficient (Wildman–Crippen LogP) is 2.94. The first-order valence-corrected chi connectivity index (χ1v) is 8.55. The van der Waals surface area contributed by atoms with Gasteiger partial charge in [-0.05, 0) is 52.6 Å². The van der Waals surface area contributed by atoms with E-state index in [1.54, 1.807) is 6.07 Å². The molecule has 1 unspecified atom stereocenters. The fraction of sp³-hybridized carbons (Fsp3) is 0.235. The molecule has 0 radical (unpaired) electrons. The maximum Gasteiger partial charge on any atom is 0.314 e. The van der Waals surface area contributed by atoms with Crippen LogP contribution in [0.3, 0.4) is 0 Å². The number of aromatic amines is 1. The van der Waals surface area contributed by atoms with Gasteiger partial charge in [0.2, 0.25) is 0 Å². The van der Waals surface area contributed by atoms with Gasteiger partial charge in [0.25, 0.3) is 0 Å². The van der Waals surface area contributed by atoms with E-state index < -0.39 is 6.10 Å². The number of nitrogens with one attached hydrogen (secondary N) is 3. The number of halogens is 1. The quantitative estimate of drug-likeness (QED) is 0.553. The molecule has 0 aliphatic heterocycles. The highest BCUT2D eigenvalue weighted by atomic mass is 32.1. The van der Waals surface area contributed by atoms with E-state index >= 15 is 0 Å². The Balaban J connectivity index is 1.45. The molecule has 2 amide bonds. The van der Waals surface area contributed by atoms with Gasteiger partial charge in [-0.1, -0.05) is 0 Å². The van der Waals surface area contributed by atoms with Crippen LogP contribution in [0.4, 0.5) is 9.18 Å². The maximum absolute atomic E-state index is 13.3. The second-order valence-corrected chi connectivity index (χ2v) is 6.24. The van der Waals surface area contributed by atoms with Gasteiger partial charge in [-0.15, -0.1) is 0 Å². The fourth-order valence-electron chi connectivity index (χ4n) is 2.50. The largest absolute Gasteiger partial charge is 0.387 e. The van der Waals surface area contributed by atoms with E-state index in [2.05, 4.69) is 15.6 Å². The molecule has 0 fully saturated rings. The Morgan fingerprint density at radius 2 is 2.21 bits per heavy atom. The van der Waals surface area contributed by atoms with Crippen molar-refractivity contribution in [1.29, 1.82) is 0 Å². The van der Waals surface area contributed by atoms with Gasteiger partial charge in [0.1, 0.15) is 5.82 Å². The average molecular weight is 347 g/mol. The lowest BCUT2D eigenvalue weighted by Gasteiger charge is -2.11. The SMILES string of the molecule is O=C(NCCc1c[nH]c2ccc(F)cc12)NCC(O)c1ccsc1. The first-order valence-electron chi connectivity index (χ1n) is 7.61. The molecule has 24 heavy (non-hydrogen) atoms. The molecular weight excluding hydrogens is 329 g/mol. The minimum Gasteiger partial charge on any atom is -0.387 e. The van der Waals surface area contributed by atoms with Crippen LogP contribution in [0, 0.1) is 5.82 Å². The number of urea groups is 1. The van der Waals surface area contributed by atoms with Crippen molar-refractivity contribution in [1.82, 2.24) is 15.6 Å². The number of thiophene rings is 1. The van der Waals surface area contributed by atoms with Crippen molar-refractivity contribution in [3.8, 4) is 0 Å². The number of aromatic nitrogens is 1. The molecule has 1 aromatic carbocycles. The molecule has 5 nitrogen and oxygen atoms in total. The van der Waals surface area contributed by atoms with Crippen molar-refractivity contribution in [3.63, 3.8) is 0 Å². The highest BCUT2D eigenvalue weighted by Crippen LogP contribution is 2.19. The van der Waals surface area contributed by atoms with E-state index in [0.717, 1.165) is 22.0 Å². The standard InChI is InChI=1S/C17H18FN3O2S/c18-13-1-2-15-14(7-13)11(8-20-15)3-5-19-17(23)21-9-16(22)12-4-6-24-10-12/h1-2,4,6-8,10,16,20,22H,3,5,9H2,(H2,19,21,23). The molecule has 4 N–H and O–H groups in total. The monoisotopic (exact) mass is 347 g/mol. The van der Waals surface area contributed by atoms with Gasteiger partial charge in [0, 0.05) is 30.2 Å². The number of carbonyl (C=O) groups is 1. The summed E-state index contributed by atoms with van der Waals surface area (Å²) in [5.41, 5.74) is 2.61. The predicted molar refractivity (Wildman–Crippen MR) is 92.6 cm³/mol. The van der Waals surface area contributed by atoms with Gasteiger partial charge in [-0.25, -0.2) is 9.18 Å². The van der Waals surface area contributed by atoms with Gasteiger partial charge in [-0.2, -0.15) is 11.3 Å². The lowest BCUT2D eigenvalue weighted by atomic mass is 10.1. The van der Waals surface area contributed by atoms with Crippen LogP contribution in [0.1, 0.15) is 17.2 Å². The molecule has 2 heterocycles. The zero-order valence-corrected chi connectivity index (χ0v) is 13.7. The molecule has 0 aliphatic rings. The van der Waals surface area contributed by atoms with Crippen LogP contribution < -0.4 is 10.6 Å². The number of hydrogen-bond acceptors (Lipinski definition) is 3. The van der Waals surface area contributed by atoms with Crippen molar-refractivity contribution in [2.24, 2.45) is 0 Å². The summed E-state index contributed by atoms with van der Waals surface area (Å²) < 4.78 is 13.3. The number of rotatable bonds is 6. The number of amides is 2. The highest BCUT2D eigenvalue weighted by Gasteiger charge is 2.10. The van der Waals surface area contributed by atoms with E-state index in [1.165, 1.54) is 23.5 Å². The molecule has 3 aromatic rings. The van der Waals surface area contributed by atoms with Crippen molar-refractivity contribution in [2.45, 2.75) is 12.5 Å². The molecule has 0 spiro atoms. The first-order chi connectivity index (χ1) is 11.6. The normalized spacial score (nSPS) is 12.2. The van der Waals surface area contributed by atoms with Gasteiger partial charge >= 0.3 is 6.03 Å². The molecule has 2 aromatic heterocycles. The Labute approximate surface area is 142 Å². The number of benzene rings is 1. The first kappa shape index (κ1) is 16.5. The summed E-state index contributed by atoms with van der Waals surface area (Å²) >= 11 is 1.50. The molecule has 126 valence electrons. The smallest absolute Gasteiger partial charge is 0.314 e. The highest BCUT2D eigenvalue weighted by molar-refractivity contribution is 7.07. The fourth-order valence-corrected chi connectivity index (χ4v) is 3.21. The van der Waals surface area contributed by atoms with Gasteiger partial charge in [0.15, 0.2) is 0 Å². The Bertz CT molecular complexity index is 816. The van der Waals surface area contributed by atoms with Crippen LogP contribution in [0.2, 0.25) is 0 Å². The van der Waals surface area contributed by atoms with E-state index in [9.17, 15) is 14.3 Å². The van der Waals surface area contributed by atoms with Crippen LogP contribution >= 0.6 is 11.3 Å². The van der Waals surface area contributed by atoms with Crippen LogP contribution in [-0.2, 0) is 6.42 Å². The zero-order chi connectivity index (χ0) is 16.9. The van der Waals surface area contributed by atoms with E-state index in [1.807, 2.05) is 23.0 Å². The zero-order valence-electron chi connectivity index (χ0n) is 12.9. The minimum atomic E-state index is -0.710. The summed E-state index contributed by atoms with van der Waals surface area (Å²) in [6.07, 6.45) is 1.70. The lowest BCUT2D eigenvalue weighted by molar-refractivity contribution is 0.173. The molecule has 0 saturated carbocycles. The van der Waals surface area contributed by atoms with Crippen LogP contribution in [0.15, 0.2) is 41.2 Å². The topological polar surface area (TPSA) is 77.2 Å². The van der Waals surface area contributed by atoms with Crippen molar-refractivity contribution >= 4 is 28.3 Å². The number of H-pyrrole nitrogens is 1. The van der Waals surface area contributed by atoms with Crippen LogP contribution in [-0.4, -0.2) is 29.2 Å². The third-order valence-corrected chi connectivity index (χ3v) is 4.49. The third-order valence-electron chi connectivity index (χ3n) is 3.79. The lowest BCUT2D eigenvalue weighted by Crippen LogP contribution is -2.38. The Morgan fingerprint density at radius 3 is 3.00 bits per heavy atom. The van der Waals surface area contributed by atoms with E-state index in [4.69, 9.17) is 0 Å². The summed E-state index contributed by atoms with van der Waals surface area (Å²) in [5.74, 6) is -0.281. The van der Waals surface area contributed by atoms with Crippen molar-refractivity contribution in [3.05, 3.63) is 58.2 Å². The third kappa shape index (κ3) is 3.93. The summed E-state index contributed by atoms with van der Waals surface area (Å²) in [5, 5.41) is 19.8. The van der Waals surface area contributed by atoms with Crippen molar-refractivity contribution in [2.75, 3.05) is 13.1 Å². The molecule has 0 aliphatic carbocycles.